The molecule has 0 radical (unpaired) electrons. The maximum atomic E-state index is 4.52. The van der Waals surface area contributed by atoms with E-state index in [1.807, 2.05) is 55.0 Å². The Bertz CT molecular complexity index is 612. The molecule has 3 nitrogen and oxygen atoms in total. The summed E-state index contributed by atoms with van der Waals surface area (Å²) in [6.45, 7) is 0. The molecule has 3 aromatic heterocycles. The zero-order valence-corrected chi connectivity index (χ0v) is 11.8. The summed E-state index contributed by atoms with van der Waals surface area (Å²) < 4.78 is 0. The van der Waals surface area contributed by atoms with Crippen molar-refractivity contribution in [3.63, 3.8) is 0 Å². The summed E-state index contributed by atoms with van der Waals surface area (Å²) in [5.74, 6) is 0.288. The van der Waals surface area contributed by atoms with Crippen LogP contribution in [-0.2, 0) is 12.8 Å². The third kappa shape index (κ3) is 3.72. The van der Waals surface area contributed by atoms with Crippen molar-refractivity contribution in [1.29, 1.82) is 0 Å². The highest BCUT2D eigenvalue weighted by atomic mass is 14.7. The first-order valence-electron chi connectivity index (χ1n) is 7.12. The molecule has 0 saturated heterocycles. The molecule has 3 heteroatoms. The second-order valence-corrected chi connectivity index (χ2v) is 5.00. The molecule has 0 aliphatic heterocycles. The molecule has 0 aromatic carbocycles. The molecule has 0 atom stereocenters. The van der Waals surface area contributed by atoms with Crippen LogP contribution < -0.4 is 0 Å². The number of hydrogen-bond acceptors (Lipinski definition) is 3. The highest BCUT2D eigenvalue weighted by molar-refractivity contribution is 5.18. The minimum Gasteiger partial charge on any atom is -0.261 e. The van der Waals surface area contributed by atoms with Gasteiger partial charge in [0.1, 0.15) is 0 Å². The van der Waals surface area contributed by atoms with Crippen LogP contribution in [0.3, 0.4) is 0 Å². The molecule has 0 spiro atoms. The minimum absolute atomic E-state index is 0.288. The normalized spacial score (nSPS) is 10.7. The Labute approximate surface area is 124 Å². The predicted molar refractivity (Wildman–Crippen MR) is 82.9 cm³/mol. The van der Waals surface area contributed by atoms with Gasteiger partial charge in [-0.15, -0.1) is 0 Å². The SMILES string of the molecule is c1ccc(CC(Cc2ccccn2)c2ccccn2)nc1. The third-order valence-electron chi connectivity index (χ3n) is 3.47. The van der Waals surface area contributed by atoms with E-state index in [2.05, 4.69) is 33.2 Å². The Balaban J connectivity index is 1.84. The van der Waals surface area contributed by atoms with Gasteiger partial charge in [0.25, 0.3) is 0 Å². The van der Waals surface area contributed by atoms with Crippen LogP contribution in [0.2, 0.25) is 0 Å². The fourth-order valence-corrected chi connectivity index (χ4v) is 2.44. The number of pyridine rings is 3. The van der Waals surface area contributed by atoms with E-state index in [1.54, 1.807) is 0 Å². The highest BCUT2D eigenvalue weighted by Crippen LogP contribution is 2.22. The van der Waals surface area contributed by atoms with E-state index in [0.29, 0.717) is 0 Å². The van der Waals surface area contributed by atoms with Gasteiger partial charge in [-0.2, -0.15) is 0 Å². The van der Waals surface area contributed by atoms with Crippen LogP contribution in [-0.4, -0.2) is 15.0 Å². The Morgan fingerprint density at radius 3 is 1.57 bits per heavy atom. The van der Waals surface area contributed by atoms with E-state index in [4.69, 9.17) is 0 Å². The molecule has 3 rings (SSSR count). The van der Waals surface area contributed by atoms with Crippen molar-refractivity contribution in [3.05, 3.63) is 90.3 Å². The van der Waals surface area contributed by atoms with Gasteiger partial charge in [0.05, 0.1) is 0 Å². The third-order valence-corrected chi connectivity index (χ3v) is 3.47. The van der Waals surface area contributed by atoms with Crippen LogP contribution in [0.5, 0.6) is 0 Å². The van der Waals surface area contributed by atoms with E-state index in [-0.39, 0.29) is 5.92 Å². The molecule has 0 bridgehead atoms. The Hall–Kier alpha value is -2.55. The number of hydrogen-bond donors (Lipinski definition) is 0. The van der Waals surface area contributed by atoms with Crippen LogP contribution in [0.25, 0.3) is 0 Å². The second kappa shape index (κ2) is 6.75. The Morgan fingerprint density at radius 1 is 0.619 bits per heavy atom. The molecule has 0 fully saturated rings. The number of nitrogens with zero attached hydrogens (tertiary/aromatic N) is 3. The topological polar surface area (TPSA) is 38.7 Å². The first kappa shape index (κ1) is 13.4. The van der Waals surface area contributed by atoms with E-state index in [0.717, 1.165) is 29.9 Å². The van der Waals surface area contributed by atoms with Gasteiger partial charge in [-0.25, -0.2) is 0 Å². The maximum Gasteiger partial charge on any atom is 0.0442 e. The molecule has 0 N–H and O–H groups in total. The van der Waals surface area contributed by atoms with E-state index >= 15 is 0 Å². The molecular weight excluding hydrogens is 258 g/mol. The molecule has 104 valence electrons. The maximum absolute atomic E-state index is 4.52. The lowest BCUT2D eigenvalue weighted by atomic mass is 9.93. The van der Waals surface area contributed by atoms with Gasteiger partial charge in [-0.3, -0.25) is 15.0 Å². The fourth-order valence-electron chi connectivity index (χ4n) is 2.44. The van der Waals surface area contributed by atoms with E-state index < -0.39 is 0 Å². The highest BCUT2D eigenvalue weighted by Gasteiger charge is 2.15. The van der Waals surface area contributed by atoms with Crippen LogP contribution in [0, 0.1) is 0 Å². The van der Waals surface area contributed by atoms with Crippen molar-refractivity contribution in [1.82, 2.24) is 15.0 Å². The molecule has 0 unspecified atom stereocenters. The Morgan fingerprint density at radius 2 is 1.14 bits per heavy atom. The van der Waals surface area contributed by atoms with Crippen LogP contribution >= 0.6 is 0 Å². The zero-order valence-electron chi connectivity index (χ0n) is 11.8. The summed E-state index contributed by atoms with van der Waals surface area (Å²) in [6.07, 6.45) is 7.26. The van der Waals surface area contributed by atoms with Gasteiger partial charge >= 0.3 is 0 Å². The summed E-state index contributed by atoms with van der Waals surface area (Å²) in [4.78, 5) is 13.4. The van der Waals surface area contributed by atoms with Gasteiger partial charge < -0.3 is 0 Å². The van der Waals surface area contributed by atoms with Crippen molar-refractivity contribution in [3.8, 4) is 0 Å². The summed E-state index contributed by atoms with van der Waals surface area (Å²) in [7, 11) is 0. The van der Waals surface area contributed by atoms with Crippen LogP contribution in [0.15, 0.2) is 73.2 Å². The lowest BCUT2D eigenvalue weighted by Crippen LogP contribution is -2.10. The smallest absolute Gasteiger partial charge is 0.0442 e. The molecule has 0 aliphatic carbocycles. The van der Waals surface area contributed by atoms with E-state index in [9.17, 15) is 0 Å². The van der Waals surface area contributed by atoms with Gasteiger partial charge in [0.15, 0.2) is 0 Å². The largest absolute Gasteiger partial charge is 0.261 e. The van der Waals surface area contributed by atoms with Crippen LogP contribution in [0.4, 0.5) is 0 Å². The standard InChI is InChI=1S/C18H17N3/c1-4-10-19-16(7-1)13-15(18-9-3-6-12-21-18)14-17-8-2-5-11-20-17/h1-12,15H,13-14H2. The van der Waals surface area contributed by atoms with E-state index in [1.165, 1.54) is 0 Å². The first-order valence-corrected chi connectivity index (χ1v) is 7.12. The lowest BCUT2D eigenvalue weighted by Gasteiger charge is -2.15. The van der Waals surface area contributed by atoms with Crippen molar-refractivity contribution >= 4 is 0 Å². The molecule has 0 aliphatic rings. The quantitative estimate of drug-likeness (QED) is 0.716. The Kier molecular flexibility index (Phi) is 4.32. The fraction of sp³-hybridized carbons (Fsp3) is 0.167. The van der Waals surface area contributed by atoms with Crippen molar-refractivity contribution in [2.75, 3.05) is 0 Å². The molecule has 21 heavy (non-hydrogen) atoms. The number of aromatic nitrogens is 3. The van der Waals surface area contributed by atoms with Crippen molar-refractivity contribution in [2.24, 2.45) is 0 Å². The molecule has 0 saturated carbocycles. The average Bonchev–Trinajstić information content (AvgIpc) is 2.57. The predicted octanol–water partition coefficient (Wildman–Crippen LogP) is 3.44. The van der Waals surface area contributed by atoms with Gasteiger partial charge in [-0.05, 0) is 49.2 Å². The molecule has 3 aromatic rings. The summed E-state index contributed by atoms with van der Waals surface area (Å²) >= 11 is 0. The van der Waals surface area contributed by atoms with Crippen molar-refractivity contribution < 1.29 is 0 Å². The first-order chi connectivity index (χ1) is 10.4. The van der Waals surface area contributed by atoms with Gasteiger partial charge in [0, 0.05) is 41.6 Å². The van der Waals surface area contributed by atoms with Crippen LogP contribution in [0.1, 0.15) is 23.0 Å². The lowest BCUT2D eigenvalue weighted by molar-refractivity contribution is 0.638. The average molecular weight is 275 g/mol. The summed E-state index contributed by atoms with van der Waals surface area (Å²) in [5, 5.41) is 0. The van der Waals surface area contributed by atoms with Gasteiger partial charge in [-0.1, -0.05) is 18.2 Å². The van der Waals surface area contributed by atoms with Crippen molar-refractivity contribution in [2.45, 2.75) is 18.8 Å². The summed E-state index contributed by atoms with van der Waals surface area (Å²) in [6, 6.07) is 18.1. The number of rotatable bonds is 5. The second-order valence-electron chi connectivity index (χ2n) is 5.00. The minimum atomic E-state index is 0.288. The van der Waals surface area contributed by atoms with Gasteiger partial charge in [0.2, 0.25) is 0 Å². The zero-order chi connectivity index (χ0) is 14.3. The summed E-state index contributed by atoms with van der Waals surface area (Å²) in [5.41, 5.74) is 3.27. The molecule has 0 amide bonds. The molecule has 3 heterocycles. The monoisotopic (exact) mass is 275 g/mol. The molecular formula is C18H17N3.